The van der Waals surface area contributed by atoms with Crippen LogP contribution >= 0.6 is 11.6 Å². The van der Waals surface area contributed by atoms with Crippen molar-refractivity contribution in [3.8, 4) is 5.75 Å². The van der Waals surface area contributed by atoms with Crippen molar-refractivity contribution < 1.29 is 4.74 Å². The van der Waals surface area contributed by atoms with Gasteiger partial charge < -0.3 is 10.5 Å². The van der Waals surface area contributed by atoms with Gasteiger partial charge in [-0.25, -0.2) is 0 Å². The van der Waals surface area contributed by atoms with Crippen LogP contribution in [0.15, 0.2) is 48.5 Å². The molecule has 0 amide bonds. The molecule has 2 nitrogen and oxygen atoms in total. The molecular formula is C16H18ClNO. The fraction of sp³-hybridized carbons (Fsp3) is 0.250. The maximum Gasteiger partial charge on any atom is 0.124 e. The van der Waals surface area contributed by atoms with E-state index in [0.29, 0.717) is 5.02 Å². The summed E-state index contributed by atoms with van der Waals surface area (Å²) in [5.41, 5.74) is 8.33. The molecule has 0 saturated heterocycles. The Balaban J connectivity index is 2.12. The van der Waals surface area contributed by atoms with Gasteiger partial charge in [0.25, 0.3) is 0 Å². The van der Waals surface area contributed by atoms with E-state index in [1.807, 2.05) is 62.4 Å². The summed E-state index contributed by atoms with van der Waals surface area (Å²) in [7, 11) is 0. The molecule has 0 heterocycles. The van der Waals surface area contributed by atoms with Gasteiger partial charge in [0.2, 0.25) is 0 Å². The van der Waals surface area contributed by atoms with E-state index in [1.54, 1.807) is 0 Å². The molecular weight excluding hydrogens is 258 g/mol. The molecule has 0 fully saturated rings. The highest BCUT2D eigenvalue weighted by atomic mass is 35.5. The van der Waals surface area contributed by atoms with Gasteiger partial charge in [0.05, 0.1) is 6.04 Å². The fourth-order valence-corrected chi connectivity index (χ4v) is 2.08. The Kier molecular flexibility index (Phi) is 4.46. The second-order valence-corrected chi connectivity index (χ2v) is 5.11. The molecule has 0 aliphatic heterocycles. The van der Waals surface area contributed by atoms with E-state index >= 15 is 0 Å². The van der Waals surface area contributed by atoms with Gasteiger partial charge >= 0.3 is 0 Å². The number of hydrogen-bond acceptors (Lipinski definition) is 2. The quantitative estimate of drug-likeness (QED) is 0.911. The van der Waals surface area contributed by atoms with Crippen LogP contribution in [0.25, 0.3) is 0 Å². The lowest BCUT2D eigenvalue weighted by Gasteiger charge is -2.23. The Labute approximate surface area is 119 Å². The van der Waals surface area contributed by atoms with E-state index in [2.05, 4.69) is 0 Å². The van der Waals surface area contributed by atoms with Gasteiger partial charge in [0.15, 0.2) is 0 Å². The molecule has 0 saturated carbocycles. The average Bonchev–Trinajstić information content (AvgIpc) is 2.43. The van der Waals surface area contributed by atoms with Crippen LogP contribution in [0.5, 0.6) is 5.75 Å². The summed E-state index contributed by atoms with van der Waals surface area (Å²) in [6, 6.07) is 15.4. The van der Waals surface area contributed by atoms with Gasteiger partial charge in [-0.05, 0) is 37.1 Å². The molecule has 19 heavy (non-hydrogen) atoms. The van der Waals surface area contributed by atoms with Crippen molar-refractivity contribution >= 4 is 11.6 Å². The number of benzene rings is 2. The summed E-state index contributed by atoms with van der Waals surface area (Å²) in [6.45, 7) is 3.96. The molecule has 2 N–H and O–H groups in total. The second kappa shape index (κ2) is 6.09. The first-order valence-corrected chi connectivity index (χ1v) is 6.69. The van der Waals surface area contributed by atoms with Crippen LogP contribution in [-0.4, -0.2) is 6.10 Å². The third-order valence-corrected chi connectivity index (χ3v) is 3.39. The van der Waals surface area contributed by atoms with Gasteiger partial charge in [0, 0.05) is 5.02 Å². The summed E-state index contributed by atoms with van der Waals surface area (Å²) in [5, 5.41) is 0.668. The third kappa shape index (κ3) is 3.49. The first-order valence-electron chi connectivity index (χ1n) is 6.31. The van der Waals surface area contributed by atoms with E-state index in [0.717, 1.165) is 16.9 Å². The minimum Gasteiger partial charge on any atom is -0.488 e. The largest absolute Gasteiger partial charge is 0.488 e. The summed E-state index contributed by atoms with van der Waals surface area (Å²) in [5.74, 6) is 0.784. The number of hydrogen-bond donors (Lipinski definition) is 1. The Hall–Kier alpha value is -1.51. The smallest absolute Gasteiger partial charge is 0.124 e. The van der Waals surface area contributed by atoms with Crippen LogP contribution in [0.3, 0.4) is 0 Å². The maximum absolute atomic E-state index is 6.22. The number of halogens is 1. The predicted octanol–water partition coefficient (Wildman–Crippen LogP) is 4.12. The van der Waals surface area contributed by atoms with Crippen LogP contribution in [0.1, 0.15) is 24.1 Å². The normalized spacial score (nSPS) is 13.9. The second-order valence-electron chi connectivity index (χ2n) is 4.67. The average molecular weight is 276 g/mol. The van der Waals surface area contributed by atoms with Gasteiger partial charge in [-0.15, -0.1) is 0 Å². The van der Waals surface area contributed by atoms with Crippen LogP contribution in [0.2, 0.25) is 5.02 Å². The van der Waals surface area contributed by atoms with Crippen molar-refractivity contribution in [3.63, 3.8) is 0 Å². The monoisotopic (exact) mass is 275 g/mol. The molecule has 100 valence electrons. The van der Waals surface area contributed by atoms with Gasteiger partial charge in [-0.3, -0.25) is 0 Å². The molecule has 2 atom stereocenters. The first-order chi connectivity index (χ1) is 9.08. The first kappa shape index (κ1) is 13.9. The molecule has 2 unspecified atom stereocenters. The Morgan fingerprint density at radius 3 is 2.47 bits per heavy atom. The van der Waals surface area contributed by atoms with Gasteiger partial charge in [-0.1, -0.05) is 48.0 Å². The topological polar surface area (TPSA) is 35.2 Å². The lowest BCUT2D eigenvalue weighted by atomic mass is 10.0. The molecule has 2 aromatic carbocycles. The highest BCUT2D eigenvalue weighted by molar-refractivity contribution is 6.30. The minimum atomic E-state index is -0.167. The molecule has 0 bridgehead atoms. The molecule has 0 radical (unpaired) electrons. The minimum absolute atomic E-state index is 0.125. The fourth-order valence-electron chi connectivity index (χ4n) is 1.92. The summed E-state index contributed by atoms with van der Waals surface area (Å²) < 4.78 is 5.93. The molecule has 0 aromatic heterocycles. The predicted molar refractivity (Wildman–Crippen MR) is 79.6 cm³/mol. The van der Waals surface area contributed by atoms with E-state index in [1.165, 1.54) is 0 Å². The van der Waals surface area contributed by atoms with Gasteiger partial charge in [-0.2, -0.15) is 0 Å². The molecule has 3 heteroatoms. The zero-order chi connectivity index (χ0) is 13.8. The highest BCUT2D eigenvalue weighted by Crippen LogP contribution is 2.26. The zero-order valence-corrected chi connectivity index (χ0v) is 11.9. The molecule has 0 aliphatic carbocycles. The van der Waals surface area contributed by atoms with E-state index in [4.69, 9.17) is 22.1 Å². The number of nitrogens with two attached hydrogens (primary N) is 1. The lowest BCUT2D eigenvalue weighted by molar-refractivity contribution is 0.189. The van der Waals surface area contributed by atoms with Crippen molar-refractivity contribution in [2.75, 3.05) is 0 Å². The standard InChI is InChI=1S/C16H18ClNO/c1-11-8-9-14(17)10-15(11)19-12(2)16(18)13-6-4-3-5-7-13/h3-10,12,16H,18H2,1-2H3. The molecule has 0 spiro atoms. The molecule has 2 aromatic rings. The Morgan fingerprint density at radius 1 is 1.11 bits per heavy atom. The van der Waals surface area contributed by atoms with E-state index in [-0.39, 0.29) is 12.1 Å². The number of aryl methyl sites for hydroxylation is 1. The van der Waals surface area contributed by atoms with Gasteiger partial charge in [0.1, 0.15) is 11.9 Å². The van der Waals surface area contributed by atoms with Crippen LogP contribution < -0.4 is 10.5 Å². The number of rotatable bonds is 4. The van der Waals surface area contributed by atoms with Crippen LogP contribution in [0.4, 0.5) is 0 Å². The van der Waals surface area contributed by atoms with Crippen LogP contribution in [-0.2, 0) is 0 Å². The highest BCUT2D eigenvalue weighted by Gasteiger charge is 2.17. The molecule has 2 rings (SSSR count). The van der Waals surface area contributed by atoms with Crippen molar-refractivity contribution in [3.05, 3.63) is 64.7 Å². The van der Waals surface area contributed by atoms with Crippen LogP contribution in [0, 0.1) is 6.92 Å². The number of ether oxygens (including phenoxy) is 1. The summed E-state index contributed by atoms with van der Waals surface area (Å²) in [6.07, 6.45) is -0.125. The van der Waals surface area contributed by atoms with Crippen molar-refractivity contribution in [1.29, 1.82) is 0 Å². The van der Waals surface area contributed by atoms with Crippen molar-refractivity contribution in [2.45, 2.75) is 26.0 Å². The molecule has 0 aliphatic rings. The third-order valence-electron chi connectivity index (χ3n) is 3.15. The van der Waals surface area contributed by atoms with E-state index in [9.17, 15) is 0 Å². The summed E-state index contributed by atoms with van der Waals surface area (Å²) in [4.78, 5) is 0. The lowest BCUT2D eigenvalue weighted by Crippen LogP contribution is -2.28. The summed E-state index contributed by atoms with van der Waals surface area (Å²) >= 11 is 5.99. The Bertz CT molecular complexity index is 542. The SMILES string of the molecule is Cc1ccc(Cl)cc1OC(C)C(N)c1ccccc1. The van der Waals surface area contributed by atoms with Crippen molar-refractivity contribution in [1.82, 2.24) is 0 Å². The zero-order valence-electron chi connectivity index (χ0n) is 11.1. The van der Waals surface area contributed by atoms with E-state index < -0.39 is 0 Å². The Morgan fingerprint density at radius 2 is 1.79 bits per heavy atom. The van der Waals surface area contributed by atoms with Crippen molar-refractivity contribution in [2.24, 2.45) is 5.73 Å². The maximum atomic E-state index is 6.22.